The van der Waals surface area contributed by atoms with E-state index in [0.717, 1.165) is 0 Å². The lowest BCUT2D eigenvalue weighted by Gasteiger charge is -2.20. The molecule has 0 fully saturated rings. The van der Waals surface area contributed by atoms with Gasteiger partial charge in [0, 0.05) is 30.5 Å². The number of ether oxygens (including phenoxy) is 1. The number of benzene rings is 1. The number of pyridine rings is 3. The fourth-order valence-corrected chi connectivity index (χ4v) is 5.93. The molecular formula is C27H25ClF2N5O3P. The van der Waals surface area contributed by atoms with Crippen LogP contribution in [0, 0.1) is 29.9 Å². The molecule has 12 heteroatoms. The van der Waals surface area contributed by atoms with Crippen LogP contribution < -0.4 is 10.8 Å². The number of hydrogen-bond donors (Lipinski definition) is 1. The number of anilines is 1. The fraction of sp³-hybridized carbons (Fsp3) is 0.259. The highest BCUT2D eigenvalue weighted by Gasteiger charge is 2.28. The first-order valence-electron chi connectivity index (χ1n) is 11.9. The summed E-state index contributed by atoms with van der Waals surface area (Å²) in [7, 11) is -1.93. The molecule has 0 amide bonds. The number of hydrogen-bond acceptors (Lipinski definition) is 8. The van der Waals surface area contributed by atoms with Crippen molar-refractivity contribution in [3.05, 3.63) is 76.1 Å². The highest BCUT2D eigenvalue weighted by molar-refractivity contribution is 7.66. The maximum atomic E-state index is 15.2. The number of nitriles is 1. The Balaban J connectivity index is 1.79. The lowest BCUT2D eigenvalue weighted by atomic mass is 10.0. The van der Waals surface area contributed by atoms with Crippen LogP contribution in [0.4, 0.5) is 14.5 Å². The number of rotatable bonds is 9. The largest absolute Gasteiger partial charge is 0.375 e. The SMILES string of the molecule is CCOP(=O)(COC)c1ccc(-c2nc3c(N[C@H](C)c4cc(C#N)ccc4F)c(Cl)c(C)nc3cc2F)cn1. The molecule has 1 aromatic carbocycles. The third-order valence-corrected chi connectivity index (χ3v) is 8.68. The van der Waals surface area contributed by atoms with Gasteiger partial charge < -0.3 is 14.6 Å². The van der Waals surface area contributed by atoms with E-state index in [-0.39, 0.29) is 45.7 Å². The molecule has 0 saturated heterocycles. The average Bonchev–Trinajstić information content (AvgIpc) is 2.91. The summed E-state index contributed by atoms with van der Waals surface area (Å²) in [6, 6.07) is 9.72. The number of aryl methyl sites for hydroxylation is 1. The first-order chi connectivity index (χ1) is 18.6. The lowest BCUT2D eigenvalue weighted by molar-refractivity contribution is 0.226. The first kappa shape index (κ1) is 28.5. The number of fused-ring (bicyclic) bond motifs is 1. The van der Waals surface area contributed by atoms with Crippen molar-refractivity contribution in [1.82, 2.24) is 15.0 Å². The van der Waals surface area contributed by atoms with Crippen molar-refractivity contribution in [1.29, 1.82) is 5.26 Å². The molecule has 1 unspecified atom stereocenters. The molecule has 0 spiro atoms. The van der Waals surface area contributed by atoms with Crippen LogP contribution in [0.5, 0.6) is 0 Å². The molecule has 0 saturated carbocycles. The van der Waals surface area contributed by atoms with Crippen LogP contribution in [0.15, 0.2) is 42.6 Å². The Morgan fingerprint density at radius 3 is 2.59 bits per heavy atom. The molecule has 4 aromatic rings. The van der Waals surface area contributed by atoms with Gasteiger partial charge in [-0.3, -0.25) is 9.55 Å². The highest BCUT2D eigenvalue weighted by Crippen LogP contribution is 2.45. The lowest BCUT2D eigenvalue weighted by Crippen LogP contribution is -2.15. The topological polar surface area (TPSA) is 110 Å². The highest BCUT2D eigenvalue weighted by atomic mass is 35.5. The van der Waals surface area contributed by atoms with Crippen molar-refractivity contribution in [2.45, 2.75) is 26.8 Å². The Labute approximate surface area is 229 Å². The van der Waals surface area contributed by atoms with Crippen LogP contribution in [0.1, 0.15) is 36.7 Å². The number of nitrogens with one attached hydrogen (secondary N) is 1. The number of halogens is 3. The van der Waals surface area contributed by atoms with Gasteiger partial charge in [-0.1, -0.05) is 11.6 Å². The van der Waals surface area contributed by atoms with Gasteiger partial charge in [-0.05, 0) is 51.1 Å². The molecule has 3 heterocycles. The number of nitrogens with zero attached hydrogens (tertiary/aromatic N) is 4. The van der Waals surface area contributed by atoms with Crippen molar-refractivity contribution in [3.8, 4) is 17.3 Å². The Hall–Kier alpha value is -3.48. The predicted octanol–water partition coefficient (Wildman–Crippen LogP) is 6.52. The maximum absolute atomic E-state index is 15.2. The third-order valence-electron chi connectivity index (χ3n) is 5.98. The Kier molecular flexibility index (Phi) is 8.57. The van der Waals surface area contributed by atoms with E-state index in [4.69, 9.17) is 20.9 Å². The summed E-state index contributed by atoms with van der Waals surface area (Å²) in [5.41, 5.74) is 2.30. The van der Waals surface area contributed by atoms with E-state index in [1.54, 1.807) is 26.8 Å². The molecule has 1 N–H and O–H groups in total. The minimum atomic E-state index is -3.35. The smallest absolute Gasteiger partial charge is 0.274 e. The van der Waals surface area contributed by atoms with Gasteiger partial charge >= 0.3 is 0 Å². The van der Waals surface area contributed by atoms with Crippen LogP contribution in [-0.4, -0.2) is 35.0 Å². The Bertz CT molecular complexity index is 1620. The van der Waals surface area contributed by atoms with Crippen LogP contribution in [0.25, 0.3) is 22.3 Å². The van der Waals surface area contributed by atoms with Gasteiger partial charge in [-0.15, -0.1) is 0 Å². The second kappa shape index (κ2) is 11.7. The molecule has 2 atom stereocenters. The van der Waals surface area contributed by atoms with Crippen LogP contribution in [0.3, 0.4) is 0 Å². The second-order valence-electron chi connectivity index (χ2n) is 8.70. The van der Waals surface area contributed by atoms with E-state index >= 15 is 4.39 Å². The van der Waals surface area contributed by atoms with Crippen LogP contribution in [0.2, 0.25) is 5.02 Å². The summed E-state index contributed by atoms with van der Waals surface area (Å²) in [4.78, 5) is 13.1. The average molecular weight is 572 g/mol. The summed E-state index contributed by atoms with van der Waals surface area (Å²) >= 11 is 6.60. The molecule has 0 radical (unpaired) electrons. The van der Waals surface area contributed by atoms with Crippen LogP contribution >= 0.6 is 19.0 Å². The number of methoxy groups -OCH3 is 1. The molecule has 39 heavy (non-hydrogen) atoms. The molecule has 0 aliphatic heterocycles. The second-order valence-corrected chi connectivity index (χ2v) is 11.4. The van der Waals surface area contributed by atoms with Crippen LogP contribution in [-0.2, 0) is 13.8 Å². The molecule has 0 aliphatic carbocycles. The minimum Gasteiger partial charge on any atom is -0.375 e. The summed E-state index contributed by atoms with van der Waals surface area (Å²) in [6.07, 6.45) is 1.21. The van der Waals surface area contributed by atoms with E-state index < -0.39 is 25.0 Å². The zero-order valence-corrected chi connectivity index (χ0v) is 23.3. The monoisotopic (exact) mass is 571 g/mol. The van der Waals surface area contributed by atoms with E-state index in [1.807, 2.05) is 6.07 Å². The van der Waals surface area contributed by atoms with Gasteiger partial charge in [0.1, 0.15) is 28.8 Å². The van der Waals surface area contributed by atoms with E-state index in [2.05, 4.69) is 20.3 Å². The van der Waals surface area contributed by atoms with E-state index in [9.17, 15) is 14.2 Å². The zero-order valence-electron chi connectivity index (χ0n) is 21.6. The van der Waals surface area contributed by atoms with Gasteiger partial charge in [0.2, 0.25) is 0 Å². The first-order valence-corrected chi connectivity index (χ1v) is 14.1. The molecular weight excluding hydrogens is 547 g/mol. The van der Waals surface area contributed by atoms with Gasteiger partial charge in [-0.2, -0.15) is 5.26 Å². The van der Waals surface area contributed by atoms with Gasteiger partial charge in [-0.25, -0.2) is 18.7 Å². The van der Waals surface area contributed by atoms with Gasteiger partial charge in [0.05, 0.1) is 46.2 Å². The normalized spacial score (nSPS) is 13.6. The Morgan fingerprint density at radius 2 is 1.95 bits per heavy atom. The van der Waals surface area contributed by atoms with Gasteiger partial charge in [0.15, 0.2) is 5.82 Å². The summed E-state index contributed by atoms with van der Waals surface area (Å²) in [5.74, 6) is -1.15. The quantitative estimate of drug-likeness (QED) is 0.226. The number of aromatic nitrogens is 3. The van der Waals surface area contributed by atoms with E-state index in [1.165, 1.54) is 43.6 Å². The van der Waals surface area contributed by atoms with Crippen molar-refractivity contribution >= 4 is 41.1 Å². The fourth-order valence-electron chi connectivity index (χ4n) is 4.11. The standard InChI is InChI=1S/C27H25ClF2N5O3P/c1-5-38-39(36,14-37-4)23-9-7-18(13-32-23)25-21(30)11-22-26(35-25)27(24(28)16(3)33-22)34-15(2)19-10-17(12-31)6-8-20(19)29/h6-11,13,15H,5,14H2,1-4H3,(H,33,34)/t15-,39?/m1/s1. The van der Waals surface area contributed by atoms with E-state index in [0.29, 0.717) is 22.5 Å². The summed E-state index contributed by atoms with van der Waals surface area (Å²) in [6.45, 7) is 5.30. The summed E-state index contributed by atoms with van der Waals surface area (Å²) < 4.78 is 53.4. The third kappa shape index (κ3) is 5.77. The summed E-state index contributed by atoms with van der Waals surface area (Å²) in [5, 5.41) is 12.6. The van der Waals surface area contributed by atoms with Crippen molar-refractivity contribution in [3.63, 3.8) is 0 Å². The zero-order chi connectivity index (χ0) is 28.3. The maximum Gasteiger partial charge on any atom is 0.274 e. The Morgan fingerprint density at radius 1 is 1.18 bits per heavy atom. The predicted molar refractivity (Wildman–Crippen MR) is 146 cm³/mol. The molecule has 0 aliphatic rings. The molecule has 0 bridgehead atoms. The minimum absolute atomic E-state index is 0.0328. The molecule has 3 aromatic heterocycles. The van der Waals surface area contributed by atoms with Crippen molar-refractivity contribution in [2.24, 2.45) is 0 Å². The molecule has 8 nitrogen and oxygen atoms in total. The van der Waals surface area contributed by atoms with Gasteiger partial charge in [0.25, 0.3) is 7.37 Å². The van der Waals surface area contributed by atoms with Crippen molar-refractivity contribution < 1.29 is 22.6 Å². The molecule has 4 rings (SSSR count). The van der Waals surface area contributed by atoms with Crippen molar-refractivity contribution in [2.75, 3.05) is 25.4 Å². The molecule has 202 valence electrons.